The van der Waals surface area contributed by atoms with Crippen LogP contribution in [0.3, 0.4) is 0 Å². The van der Waals surface area contributed by atoms with Gasteiger partial charge in [-0.05, 0) is 38.1 Å². The van der Waals surface area contributed by atoms with Gasteiger partial charge in [0.05, 0.1) is 22.6 Å². The number of carbonyl (C=O) groups is 1. The Morgan fingerprint density at radius 1 is 1.32 bits per heavy atom. The lowest BCUT2D eigenvalue weighted by Crippen LogP contribution is -2.24. The molecule has 0 aliphatic heterocycles. The van der Waals surface area contributed by atoms with E-state index in [0.717, 1.165) is 23.9 Å². The highest BCUT2D eigenvalue weighted by molar-refractivity contribution is 8.00. The zero-order chi connectivity index (χ0) is 20.5. The molecule has 0 bridgehead atoms. The molecular weight excluding hydrogens is 395 g/mol. The molecular formula is C17H16F3N5O2S. The Kier molecular flexibility index (Phi) is 5.36. The first kappa shape index (κ1) is 19.8. The number of rotatable bonds is 5. The standard InChI is InChI=1S/C17H16F3N5O2S/c1-9-13(6-7-27-9)14-23-24-16(25(14)21)28-10(2)15(26)22-12-5-3-4-11(8-12)17(18,19)20/h3-8,10H,21H2,1-2H3,(H,22,26). The Bertz CT molecular complexity index is 999. The number of alkyl halides is 3. The van der Waals surface area contributed by atoms with Crippen LogP contribution in [-0.4, -0.2) is 26.0 Å². The summed E-state index contributed by atoms with van der Waals surface area (Å²) in [6.07, 6.45) is -2.99. The number of hydrogen-bond donors (Lipinski definition) is 2. The van der Waals surface area contributed by atoms with E-state index >= 15 is 0 Å². The van der Waals surface area contributed by atoms with Gasteiger partial charge in [0.1, 0.15) is 5.76 Å². The van der Waals surface area contributed by atoms with Gasteiger partial charge in [0.2, 0.25) is 11.1 Å². The Balaban J connectivity index is 1.70. The maximum Gasteiger partial charge on any atom is 0.416 e. The van der Waals surface area contributed by atoms with Crippen LogP contribution >= 0.6 is 11.8 Å². The molecule has 1 unspecified atom stereocenters. The third-order valence-electron chi connectivity index (χ3n) is 3.87. The Hall–Kier alpha value is -2.95. The van der Waals surface area contributed by atoms with Crippen LogP contribution in [0.25, 0.3) is 11.4 Å². The average Bonchev–Trinajstić information content (AvgIpc) is 3.20. The van der Waals surface area contributed by atoms with E-state index < -0.39 is 22.9 Å². The lowest BCUT2D eigenvalue weighted by molar-refractivity contribution is -0.137. The minimum atomic E-state index is -4.49. The highest BCUT2D eigenvalue weighted by Gasteiger charge is 2.30. The summed E-state index contributed by atoms with van der Waals surface area (Å²) >= 11 is 1.03. The number of benzene rings is 1. The van der Waals surface area contributed by atoms with Crippen LogP contribution in [0.2, 0.25) is 0 Å². The van der Waals surface area contributed by atoms with Gasteiger partial charge < -0.3 is 15.6 Å². The summed E-state index contributed by atoms with van der Waals surface area (Å²) in [4.78, 5) is 12.4. The van der Waals surface area contributed by atoms with E-state index in [4.69, 9.17) is 10.3 Å². The number of anilines is 1. The number of nitrogens with one attached hydrogen (secondary N) is 1. The molecule has 0 aliphatic rings. The monoisotopic (exact) mass is 411 g/mol. The van der Waals surface area contributed by atoms with Gasteiger partial charge in [-0.15, -0.1) is 10.2 Å². The molecule has 0 aliphatic carbocycles. The van der Waals surface area contributed by atoms with E-state index in [1.165, 1.54) is 23.1 Å². The fourth-order valence-electron chi connectivity index (χ4n) is 2.39. The number of nitrogens with two attached hydrogens (primary N) is 1. The van der Waals surface area contributed by atoms with Crippen molar-refractivity contribution >= 4 is 23.4 Å². The van der Waals surface area contributed by atoms with Crippen molar-refractivity contribution in [3.05, 3.63) is 47.9 Å². The number of amides is 1. The first-order valence-electron chi connectivity index (χ1n) is 8.06. The van der Waals surface area contributed by atoms with E-state index in [-0.39, 0.29) is 10.8 Å². The van der Waals surface area contributed by atoms with Crippen molar-refractivity contribution in [2.75, 3.05) is 11.2 Å². The van der Waals surface area contributed by atoms with E-state index in [9.17, 15) is 18.0 Å². The molecule has 2 aromatic heterocycles. The molecule has 0 radical (unpaired) electrons. The SMILES string of the molecule is Cc1occc1-c1nnc(SC(C)C(=O)Nc2cccc(C(F)(F)F)c2)n1N. The molecule has 11 heteroatoms. The maximum absolute atomic E-state index is 12.8. The van der Waals surface area contributed by atoms with E-state index in [1.807, 2.05) is 0 Å². The van der Waals surface area contributed by atoms with Crippen LogP contribution < -0.4 is 11.2 Å². The molecule has 2 heterocycles. The minimum Gasteiger partial charge on any atom is -0.469 e. The molecule has 3 rings (SSSR count). The van der Waals surface area contributed by atoms with Crippen molar-refractivity contribution in [2.45, 2.75) is 30.4 Å². The molecule has 1 amide bonds. The molecule has 0 fully saturated rings. The van der Waals surface area contributed by atoms with E-state index in [0.29, 0.717) is 17.1 Å². The molecule has 3 N–H and O–H groups in total. The molecule has 0 spiro atoms. The fourth-order valence-corrected chi connectivity index (χ4v) is 3.16. The normalized spacial score (nSPS) is 12.8. The summed E-state index contributed by atoms with van der Waals surface area (Å²) in [5.41, 5.74) is -0.119. The maximum atomic E-state index is 12.8. The lowest BCUT2D eigenvalue weighted by Gasteiger charge is -2.13. The molecule has 7 nitrogen and oxygen atoms in total. The van der Waals surface area contributed by atoms with Gasteiger partial charge in [0, 0.05) is 5.69 Å². The lowest BCUT2D eigenvalue weighted by atomic mass is 10.2. The van der Waals surface area contributed by atoms with E-state index in [2.05, 4.69) is 15.5 Å². The van der Waals surface area contributed by atoms with Crippen LogP contribution in [0.1, 0.15) is 18.2 Å². The molecule has 28 heavy (non-hydrogen) atoms. The minimum absolute atomic E-state index is 0.0520. The van der Waals surface area contributed by atoms with Gasteiger partial charge in [-0.3, -0.25) is 4.79 Å². The summed E-state index contributed by atoms with van der Waals surface area (Å²) in [5.74, 6) is 6.50. The second-order valence-electron chi connectivity index (χ2n) is 5.89. The van der Waals surface area contributed by atoms with Crippen molar-refractivity contribution in [2.24, 2.45) is 0 Å². The van der Waals surface area contributed by atoms with Gasteiger partial charge in [0.25, 0.3) is 0 Å². The number of hydrogen-bond acceptors (Lipinski definition) is 6. The summed E-state index contributed by atoms with van der Waals surface area (Å²) in [5, 5.41) is 10.0. The zero-order valence-electron chi connectivity index (χ0n) is 14.8. The Morgan fingerprint density at radius 3 is 2.71 bits per heavy atom. The fraction of sp³-hybridized carbons (Fsp3) is 0.235. The summed E-state index contributed by atoms with van der Waals surface area (Å²) in [6.45, 7) is 3.34. The first-order valence-corrected chi connectivity index (χ1v) is 8.94. The Labute approximate surface area is 162 Å². The van der Waals surface area contributed by atoms with Crippen LogP contribution in [0.5, 0.6) is 0 Å². The number of aromatic nitrogens is 3. The molecule has 148 valence electrons. The van der Waals surface area contributed by atoms with Crippen LogP contribution in [-0.2, 0) is 11.0 Å². The Morgan fingerprint density at radius 2 is 2.07 bits per heavy atom. The number of furan rings is 1. The largest absolute Gasteiger partial charge is 0.469 e. The number of aryl methyl sites for hydroxylation is 1. The van der Waals surface area contributed by atoms with Gasteiger partial charge in [-0.2, -0.15) is 13.2 Å². The number of thioether (sulfide) groups is 1. The second-order valence-corrected chi connectivity index (χ2v) is 7.20. The number of halogens is 3. The van der Waals surface area contributed by atoms with Crippen LogP contribution in [0, 0.1) is 6.92 Å². The van der Waals surface area contributed by atoms with E-state index in [1.54, 1.807) is 19.9 Å². The summed E-state index contributed by atoms with van der Waals surface area (Å²) < 4.78 is 44.8. The molecule has 0 saturated heterocycles. The van der Waals surface area contributed by atoms with Gasteiger partial charge in [-0.1, -0.05) is 17.8 Å². The third-order valence-corrected chi connectivity index (χ3v) is 4.93. The van der Waals surface area contributed by atoms with Crippen molar-refractivity contribution in [1.82, 2.24) is 14.9 Å². The van der Waals surface area contributed by atoms with Crippen molar-refractivity contribution in [1.29, 1.82) is 0 Å². The van der Waals surface area contributed by atoms with Crippen molar-refractivity contribution in [3.63, 3.8) is 0 Å². The average molecular weight is 411 g/mol. The van der Waals surface area contributed by atoms with Crippen LogP contribution in [0.4, 0.5) is 18.9 Å². The smallest absolute Gasteiger partial charge is 0.416 e. The number of nitrogen functional groups attached to an aromatic ring is 1. The highest BCUT2D eigenvalue weighted by atomic mass is 32.2. The predicted octanol–water partition coefficient (Wildman–Crippen LogP) is 3.70. The summed E-state index contributed by atoms with van der Waals surface area (Å²) in [6, 6.07) is 6.12. The number of nitrogens with zero attached hydrogens (tertiary/aromatic N) is 3. The van der Waals surface area contributed by atoms with Gasteiger partial charge >= 0.3 is 6.18 Å². The highest BCUT2D eigenvalue weighted by Crippen LogP contribution is 2.31. The first-order chi connectivity index (χ1) is 13.2. The quantitative estimate of drug-likeness (QED) is 0.491. The van der Waals surface area contributed by atoms with Gasteiger partial charge in [0.15, 0.2) is 5.82 Å². The van der Waals surface area contributed by atoms with Gasteiger partial charge in [-0.25, -0.2) is 4.68 Å². The number of carbonyl (C=O) groups excluding carboxylic acids is 1. The zero-order valence-corrected chi connectivity index (χ0v) is 15.6. The summed E-state index contributed by atoms with van der Waals surface area (Å²) in [7, 11) is 0. The van der Waals surface area contributed by atoms with Crippen molar-refractivity contribution < 1.29 is 22.4 Å². The topological polar surface area (TPSA) is 99.0 Å². The second kappa shape index (κ2) is 7.58. The molecule has 3 aromatic rings. The molecule has 1 atom stereocenters. The third kappa shape index (κ3) is 4.14. The predicted molar refractivity (Wildman–Crippen MR) is 98.0 cm³/mol. The van der Waals surface area contributed by atoms with Crippen molar-refractivity contribution in [3.8, 4) is 11.4 Å². The molecule has 1 aromatic carbocycles. The van der Waals surface area contributed by atoms with Crippen LogP contribution in [0.15, 0.2) is 46.2 Å². The molecule has 0 saturated carbocycles.